The van der Waals surface area contributed by atoms with E-state index in [2.05, 4.69) is 27.4 Å². The highest BCUT2D eigenvalue weighted by Crippen LogP contribution is 2.18. The Hall–Kier alpha value is -1.80. The minimum Gasteiger partial charge on any atom is -0.369 e. The van der Waals surface area contributed by atoms with Crippen LogP contribution in [0.4, 0.5) is 4.39 Å². The topological polar surface area (TPSA) is 82.8 Å². The van der Waals surface area contributed by atoms with Gasteiger partial charge in [0, 0.05) is 31.1 Å². The first-order chi connectivity index (χ1) is 14.1. The van der Waals surface area contributed by atoms with Gasteiger partial charge in [-0.25, -0.2) is 4.39 Å². The third-order valence-corrected chi connectivity index (χ3v) is 5.95. The molecule has 4 N–H and O–H groups in total. The number of likely N-dealkylation sites (tertiary alicyclic amines) is 1. The van der Waals surface area contributed by atoms with Crippen LogP contribution in [0.2, 0.25) is 0 Å². The van der Waals surface area contributed by atoms with E-state index < -0.39 is 0 Å². The van der Waals surface area contributed by atoms with Gasteiger partial charge in [-0.1, -0.05) is 0 Å². The lowest BCUT2D eigenvalue weighted by atomic mass is 9.97. The molecule has 6 nitrogen and oxygen atoms in total. The lowest BCUT2D eigenvalue weighted by Gasteiger charge is -2.31. The first-order valence-electron chi connectivity index (χ1n) is 10.5. The van der Waals surface area contributed by atoms with Gasteiger partial charge in [-0.2, -0.15) is 0 Å². The zero-order valence-electron chi connectivity index (χ0n) is 17.3. The SMILES string of the molecule is CCNC(=NCCCSc1ccc(F)cc1)NCCCN1CCCC(C(N)=O)C1. The number of aliphatic imine (C=N–C) groups is 1. The second-order valence-corrected chi connectivity index (χ2v) is 8.41. The largest absolute Gasteiger partial charge is 0.369 e. The molecule has 1 unspecified atom stereocenters. The van der Waals surface area contributed by atoms with E-state index in [-0.39, 0.29) is 17.6 Å². The van der Waals surface area contributed by atoms with Crippen LogP contribution in [0.1, 0.15) is 32.6 Å². The number of thioether (sulfide) groups is 1. The Morgan fingerprint density at radius 1 is 1.31 bits per heavy atom. The van der Waals surface area contributed by atoms with E-state index in [9.17, 15) is 9.18 Å². The van der Waals surface area contributed by atoms with Crippen LogP contribution in [-0.4, -0.2) is 61.8 Å². The van der Waals surface area contributed by atoms with Crippen LogP contribution in [0, 0.1) is 11.7 Å². The molecule has 0 spiro atoms. The summed E-state index contributed by atoms with van der Waals surface area (Å²) >= 11 is 1.72. The molecule has 0 saturated carbocycles. The number of carbonyl (C=O) groups excluding carboxylic acids is 1. The predicted octanol–water partition coefficient (Wildman–Crippen LogP) is 2.45. The number of hydrogen-bond donors (Lipinski definition) is 3. The quantitative estimate of drug-likeness (QED) is 0.220. The molecule has 0 aliphatic carbocycles. The van der Waals surface area contributed by atoms with Gasteiger partial charge in [0.05, 0.1) is 5.92 Å². The minimum atomic E-state index is -0.201. The third-order valence-electron chi connectivity index (χ3n) is 4.85. The normalized spacial score (nSPS) is 17.9. The van der Waals surface area contributed by atoms with E-state index in [1.807, 2.05) is 12.1 Å². The van der Waals surface area contributed by atoms with E-state index in [0.717, 1.165) is 81.6 Å². The Kier molecular flexibility index (Phi) is 10.9. The van der Waals surface area contributed by atoms with Crippen molar-refractivity contribution in [3.05, 3.63) is 30.1 Å². The highest BCUT2D eigenvalue weighted by Gasteiger charge is 2.23. The molecule has 1 fully saturated rings. The number of benzene rings is 1. The van der Waals surface area contributed by atoms with Crippen molar-refractivity contribution in [2.75, 3.05) is 45.0 Å². The molecule has 0 bridgehead atoms. The average Bonchev–Trinajstić information content (AvgIpc) is 2.72. The third kappa shape index (κ3) is 9.49. The van der Waals surface area contributed by atoms with Gasteiger partial charge in [-0.3, -0.25) is 9.79 Å². The maximum absolute atomic E-state index is 12.9. The fraction of sp³-hybridized carbons (Fsp3) is 0.619. The summed E-state index contributed by atoms with van der Waals surface area (Å²) in [4.78, 5) is 19.4. The van der Waals surface area contributed by atoms with Gasteiger partial charge in [0.1, 0.15) is 5.82 Å². The van der Waals surface area contributed by atoms with Gasteiger partial charge >= 0.3 is 0 Å². The number of halogens is 1. The summed E-state index contributed by atoms with van der Waals surface area (Å²) in [6.45, 7) is 7.26. The van der Waals surface area contributed by atoms with Crippen LogP contribution in [0.3, 0.4) is 0 Å². The molecule has 1 saturated heterocycles. The molecular weight excluding hydrogens is 389 g/mol. The predicted molar refractivity (Wildman–Crippen MR) is 119 cm³/mol. The van der Waals surface area contributed by atoms with Gasteiger partial charge in [-0.05, 0) is 75.7 Å². The molecule has 8 heteroatoms. The number of piperidine rings is 1. The number of guanidine groups is 1. The fourth-order valence-corrected chi connectivity index (χ4v) is 4.16. The first-order valence-corrected chi connectivity index (χ1v) is 11.5. The molecule has 1 aliphatic rings. The van der Waals surface area contributed by atoms with Gasteiger partial charge in [0.25, 0.3) is 0 Å². The Morgan fingerprint density at radius 3 is 2.83 bits per heavy atom. The van der Waals surface area contributed by atoms with Crippen LogP contribution in [0.15, 0.2) is 34.2 Å². The van der Waals surface area contributed by atoms with E-state index in [1.54, 1.807) is 11.8 Å². The highest BCUT2D eigenvalue weighted by molar-refractivity contribution is 7.99. The van der Waals surface area contributed by atoms with Crippen molar-refractivity contribution in [2.45, 2.75) is 37.5 Å². The van der Waals surface area contributed by atoms with Crippen LogP contribution in [-0.2, 0) is 4.79 Å². The zero-order valence-corrected chi connectivity index (χ0v) is 18.1. The Labute approximate surface area is 177 Å². The number of amides is 1. The second kappa shape index (κ2) is 13.4. The molecule has 2 rings (SSSR count). The minimum absolute atomic E-state index is 0.00312. The Morgan fingerprint density at radius 2 is 2.10 bits per heavy atom. The van der Waals surface area contributed by atoms with Gasteiger partial charge < -0.3 is 21.3 Å². The lowest BCUT2D eigenvalue weighted by molar-refractivity contribution is -0.123. The van der Waals surface area contributed by atoms with Gasteiger partial charge in [0.15, 0.2) is 5.96 Å². The molecule has 0 radical (unpaired) electrons. The molecule has 0 aromatic heterocycles. The van der Waals surface area contributed by atoms with Crippen molar-refractivity contribution in [3.63, 3.8) is 0 Å². The van der Waals surface area contributed by atoms with Crippen LogP contribution in [0.5, 0.6) is 0 Å². The number of rotatable bonds is 11. The summed E-state index contributed by atoms with van der Waals surface area (Å²) in [5.74, 6) is 1.42. The molecule has 1 aliphatic heterocycles. The van der Waals surface area contributed by atoms with E-state index >= 15 is 0 Å². The van der Waals surface area contributed by atoms with Crippen molar-refractivity contribution in [1.82, 2.24) is 15.5 Å². The smallest absolute Gasteiger partial charge is 0.221 e. The maximum Gasteiger partial charge on any atom is 0.221 e. The van der Waals surface area contributed by atoms with Crippen molar-refractivity contribution in [2.24, 2.45) is 16.6 Å². The van der Waals surface area contributed by atoms with E-state index in [1.165, 1.54) is 12.1 Å². The summed E-state index contributed by atoms with van der Waals surface area (Å²) in [5.41, 5.74) is 5.45. The summed E-state index contributed by atoms with van der Waals surface area (Å²) < 4.78 is 12.9. The number of carbonyl (C=O) groups is 1. The number of nitrogens with one attached hydrogen (secondary N) is 2. The fourth-order valence-electron chi connectivity index (χ4n) is 3.32. The van der Waals surface area contributed by atoms with E-state index in [4.69, 9.17) is 5.73 Å². The second-order valence-electron chi connectivity index (χ2n) is 7.24. The summed E-state index contributed by atoms with van der Waals surface area (Å²) in [5, 5.41) is 6.65. The van der Waals surface area contributed by atoms with Crippen LogP contribution in [0.25, 0.3) is 0 Å². The average molecular weight is 424 g/mol. The van der Waals surface area contributed by atoms with Crippen molar-refractivity contribution in [1.29, 1.82) is 0 Å². The molecule has 29 heavy (non-hydrogen) atoms. The van der Waals surface area contributed by atoms with Gasteiger partial charge in [0.2, 0.25) is 5.91 Å². The monoisotopic (exact) mass is 423 g/mol. The van der Waals surface area contributed by atoms with Crippen LogP contribution < -0.4 is 16.4 Å². The Bertz CT molecular complexity index is 640. The summed E-state index contributed by atoms with van der Waals surface area (Å²) in [6, 6.07) is 6.60. The number of nitrogens with zero attached hydrogens (tertiary/aromatic N) is 2. The molecule has 1 heterocycles. The first kappa shape index (κ1) is 23.5. The molecule has 1 atom stereocenters. The molecule has 162 valence electrons. The summed E-state index contributed by atoms with van der Waals surface area (Å²) in [6.07, 6.45) is 3.92. The van der Waals surface area contributed by atoms with Crippen molar-refractivity contribution in [3.8, 4) is 0 Å². The molecule has 1 aromatic carbocycles. The zero-order chi connectivity index (χ0) is 20.9. The standard InChI is InChI=1S/C21H34FN5OS/c1-2-24-21(26-12-5-15-29-19-9-7-18(22)8-10-19)25-11-4-14-27-13-3-6-17(16-27)20(23)28/h7-10,17H,2-6,11-16H2,1H3,(H2,23,28)(H2,24,25,26). The van der Waals surface area contributed by atoms with E-state index in [0.29, 0.717) is 0 Å². The number of primary amides is 1. The lowest BCUT2D eigenvalue weighted by Crippen LogP contribution is -2.43. The maximum atomic E-state index is 12.9. The van der Waals surface area contributed by atoms with Gasteiger partial charge in [-0.15, -0.1) is 11.8 Å². The molecular formula is C21H34FN5OS. The highest BCUT2D eigenvalue weighted by atomic mass is 32.2. The van der Waals surface area contributed by atoms with Crippen LogP contribution >= 0.6 is 11.8 Å². The molecule has 1 amide bonds. The number of hydrogen-bond acceptors (Lipinski definition) is 4. The summed E-state index contributed by atoms with van der Waals surface area (Å²) in [7, 11) is 0. The van der Waals surface area contributed by atoms with Crippen molar-refractivity contribution >= 4 is 23.6 Å². The van der Waals surface area contributed by atoms with Crippen molar-refractivity contribution < 1.29 is 9.18 Å². The Balaban J connectivity index is 1.61. The molecule has 1 aromatic rings. The number of nitrogens with two attached hydrogens (primary N) is 1.